The lowest BCUT2D eigenvalue weighted by atomic mass is 10.2. The van der Waals surface area contributed by atoms with Gasteiger partial charge < -0.3 is 0 Å². The number of hydrogen-bond acceptors (Lipinski definition) is 0. The lowest BCUT2D eigenvalue weighted by Crippen LogP contribution is -1.63. The first-order valence-corrected chi connectivity index (χ1v) is 4.13. The molecule has 0 bridgehead atoms. The Morgan fingerprint density at radius 2 is 1.27 bits per heavy atom. The van der Waals surface area contributed by atoms with Crippen molar-refractivity contribution in [3.63, 3.8) is 0 Å². The molecule has 0 atom stereocenters. The van der Waals surface area contributed by atoms with Crippen molar-refractivity contribution in [3.8, 4) is 0 Å². The van der Waals surface area contributed by atoms with E-state index in [1.165, 1.54) is 0 Å². The minimum atomic E-state index is 1.06. The van der Waals surface area contributed by atoms with E-state index in [0.717, 1.165) is 19.3 Å². The normalized spacial score (nSPS) is 18.2. The molecular formula is C11H14. The SMILES string of the molecule is C1=CC=CCCC=CCC=C1. The summed E-state index contributed by atoms with van der Waals surface area (Å²) in [7, 11) is 0. The number of hydrogen-bond donors (Lipinski definition) is 0. The predicted molar refractivity (Wildman–Crippen MR) is 50.4 cm³/mol. The van der Waals surface area contributed by atoms with Crippen LogP contribution in [0.2, 0.25) is 0 Å². The summed E-state index contributed by atoms with van der Waals surface area (Å²) in [6, 6.07) is 0. The lowest BCUT2D eigenvalue weighted by molar-refractivity contribution is 1.04. The van der Waals surface area contributed by atoms with Gasteiger partial charge in [0.1, 0.15) is 0 Å². The van der Waals surface area contributed by atoms with Crippen LogP contribution in [-0.2, 0) is 0 Å². The van der Waals surface area contributed by atoms with Crippen LogP contribution in [0, 0.1) is 0 Å². The molecule has 0 heterocycles. The Kier molecular flexibility index (Phi) is 4.19. The van der Waals surface area contributed by atoms with E-state index in [1.807, 2.05) is 0 Å². The molecule has 0 spiro atoms. The standard InChI is InChI=1S/C11H14/c1-2-4-6-8-10-11-9-7-5-3-1/h1-6,9,11H,7-8,10H2. The Morgan fingerprint density at radius 3 is 2.18 bits per heavy atom. The molecule has 0 N–H and O–H groups in total. The van der Waals surface area contributed by atoms with Crippen molar-refractivity contribution in [2.24, 2.45) is 0 Å². The highest BCUT2D eigenvalue weighted by atomic mass is 13.8. The zero-order valence-electron chi connectivity index (χ0n) is 6.74. The monoisotopic (exact) mass is 146 g/mol. The summed E-state index contributed by atoms with van der Waals surface area (Å²) in [6.07, 6.45) is 20.5. The molecule has 11 heavy (non-hydrogen) atoms. The average Bonchev–Trinajstić information content (AvgIpc) is 2.08. The van der Waals surface area contributed by atoms with Crippen molar-refractivity contribution in [1.29, 1.82) is 0 Å². The van der Waals surface area contributed by atoms with Crippen LogP contribution in [-0.4, -0.2) is 0 Å². The first kappa shape index (κ1) is 8.06. The topological polar surface area (TPSA) is 0 Å². The Labute approximate surface area is 68.6 Å². The summed E-state index contributed by atoms with van der Waals surface area (Å²) in [4.78, 5) is 0. The van der Waals surface area contributed by atoms with Crippen molar-refractivity contribution in [3.05, 3.63) is 48.6 Å². The Morgan fingerprint density at radius 1 is 0.545 bits per heavy atom. The summed E-state index contributed by atoms with van der Waals surface area (Å²) in [6.45, 7) is 0. The molecule has 0 aliphatic heterocycles. The van der Waals surface area contributed by atoms with Gasteiger partial charge in [0, 0.05) is 0 Å². The second-order valence-corrected chi connectivity index (χ2v) is 2.53. The van der Waals surface area contributed by atoms with Gasteiger partial charge in [0.15, 0.2) is 0 Å². The second-order valence-electron chi connectivity index (χ2n) is 2.53. The van der Waals surface area contributed by atoms with Crippen LogP contribution >= 0.6 is 0 Å². The molecule has 0 fully saturated rings. The molecule has 0 nitrogen and oxygen atoms in total. The van der Waals surface area contributed by atoms with Gasteiger partial charge in [-0.2, -0.15) is 0 Å². The largest absolute Gasteiger partial charge is 0.0879 e. The van der Waals surface area contributed by atoms with Crippen LogP contribution in [0.1, 0.15) is 19.3 Å². The fraction of sp³-hybridized carbons (Fsp3) is 0.273. The van der Waals surface area contributed by atoms with Gasteiger partial charge in [-0.1, -0.05) is 48.6 Å². The van der Waals surface area contributed by atoms with E-state index < -0.39 is 0 Å². The third-order valence-corrected chi connectivity index (χ3v) is 1.54. The van der Waals surface area contributed by atoms with E-state index >= 15 is 0 Å². The van der Waals surface area contributed by atoms with E-state index in [0.29, 0.717) is 0 Å². The molecule has 58 valence electrons. The van der Waals surface area contributed by atoms with E-state index in [9.17, 15) is 0 Å². The first-order valence-electron chi connectivity index (χ1n) is 4.13. The molecule has 0 saturated carbocycles. The smallest absolute Gasteiger partial charge is 0.0166 e. The first-order chi connectivity index (χ1) is 5.50. The Balaban J connectivity index is 2.47. The highest BCUT2D eigenvalue weighted by Crippen LogP contribution is 1.97. The van der Waals surface area contributed by atoms with Crippen molar-refractivity contribution in [2.75, 3.05) is 0 Å². The maximum atomic E-state index is 2.24. The Bertz CT molecular complexity index is 192. The maximum absolute atomic E-state index is 2.24. The molecule has 0 aromatic rings. The molecule has 0 heteroatoms. The molecule has 0 amide bonds. The molecule has 1 rings (SSSR count). The summed E-state index contributed by atoms with van der Waals surface area (Å²) in [5, 5.41) is 0. The van der Waals surface area contributed by atoms with Gasteiger partial charge in [0.25, 0.3) is 0 Å². The quantitative estimate of drug-likeness (QED) is 0.459. The van der Waals surface area contributed by atoms with Gasteiger partial charge in [-0.05, 0) is 19.3 Å². The lowest BCUT2D eigenvalue weighted by Gasteiger charge is -1.83. The molecule has 0 aromatic heterocycles. The van der Waals surface area contributed by atoms with E-state index in [4.69, 9.17) is 0 Å². The molecule has 1 aliphatic carbocycles. The minimum absolute atomic E-state index is 1.06. The molecule has 1 aliphatic rings. The van der Waals surface area contributed by atoms with Gasteiger partial charge >= 0.3 is 0 Å². The third kappa shape index (κ3) is 4.38. The van der Waals surface area contributed by atoms with E-state index in [2.05, 4.69) is 48.6 Å². The molecular weight excluding hydrogens is 132 g/mol. The van der Waals surface area contributed by atoms with Crippen molar-refractivity contribution in [2.45, 2.75) is 19.3 Å². The van der Waals surface area contributed by atoms with Gasteiger partial charge in [0.05, 0.1) is 0 Å². The van der Waals surface area contributed by atoms with Crippen LogP contribution in [0.15, 0.2) is 48.6 Å². The fourth-order valence-electron chi connectivity index (χ4n) is 0.945. The van der Waals surface area contributed by atoms with Crippen molar-refractivity contribution in [1.82, 2.24) is 0 Å². The summed E-state index contributed by atoms with van der Waals surface area (Å²) in [5.41, 5.74) is 0. The van der Waals surface area contributed by atoms with Crippen LogP contribution in [0.4, 0.5) is 0 Å². The van der Waals surface area contributed by atoms with Gasteiger partial charge in [-0.3, -0.25) is 0 Å². The second kappa shape index (κ2) is 5.72. The fourth-order valence-corrected chi connectivity index (χ4v) is 0.945. The number of allylic oxidation sites excluding steroid dienone is 8. The molecule has 0 radical (unpaired) electrons. The number of rotatable bonds is 0. The van der Waals surface area contributed by atoms with Gasteiger partial charge in [-0.15, -0.1) is 0 Å². The zero-order chi connectivity index (χ0) is 7.78. The highest BCUT2D eigenvalue weighted by molar-refractivity contribution is 5.12. The minimum Gasteiger partial charge on any atom is -0.0879 e. The summed E-state index contributed by atoms with van der Waals surface area (Å²) in [5.74, 6) is 0. The van der Waals surface area contributed by atoms with Crippen LogP contribution in [0.5, 0.6) is 0 Å². The average molecular weight is 146 g/mol. The third-order valence-electron chi connectivity index (χ3n) is 1.54. The maximum Gasteiger partial charge on any atom is -0.0166 e. The van der Waals surface area contributed by atoms with Gasteiger partial charge in [-0.25, -0.2) is 0 Å². The van der Waals surface area contributed by atoms with Crippen LogP contribution in [0.25, 0.3) is 0 Å². The molecule has 0 saturated heterocycles. The van der Waals surface area contributed by atoms with Crippen LogP contribution in [0.3, 0.4) is 0 Å². The zero-order valence-corrected chi connectivity index (χ0v) is 6.74. The van der Waals surface area contributed by atoms with Gasteiger partial charge in [0.2, 0.25) is 0 Å². The van der Waals surface area contributed by atoms with Crippen LogP contribution < -0.4 is 0 Å². The highest BCUT2D eigenvalue weighted by Gasteiger charge is 1.76. The predicted octanol–water partition coefficient (Wildman–Crippen LogP) is 3.40. The van der Waals surface area contributed by atoms with E-state index in [1.54, 1.807) is 0 Å². The van der Waals surface area contributed by atoms with Crippen molar-refractivity contribution < 1.29 is 0 Å². The molecule has 0 aromatic carbocycles. The Hall–Kier alpha value is -1.04. The summed E-state index contributed by atoms with van der Waals surface area (Å²) >= 11 is 0. The van der Waals surface area contributed by atoms with Crippen molar-refractivity contribution >= 4 is 0 Å². The summed E-state index contributed by atoms with van der Waals surface area (Å²) < 4.78 is 0. The van der Waals surface area contributed by atoms with E-state index in [-0.39, 0.29) is 0 Å². The molecule has 0 unspecified atom stereocenters.